The molecule has 0 rings (SSSR count). The van der Waals surface area contributed by atoms with Crippen molar-refractivity contribution in [2.75, 3.05) is 13.2 Å². The summed E-state index contributed by atoms with van der Waals surface area (Å²) >= 11 is 0. The molecule has 1 atom stereocenters. The van der Waals surface area contributed by atoms with Crippen LogP contribution in [0.4, 0.5) is 0 Å². The molecule has 0 heterocycles. The monoisotopic (exact) mass is 160 g/mol. The molecule has 0 aromatic carbocycles. The quantitative estimate of drug-likeness (QED) is 0.655. The Balaban J connectivity index is 4.33. The summed E-state index contributed by atoms with van der Waals surface area (Å²) in [5.74, 6) is 0. The normalized spacial score (nSPS) is 18.0. The van der Waals surface area contributed by atoms with Crippen LogP contribution in [-0.2, 0) is 0 Å². The third-order valence-corrected chi connectivity index (χ3v) is 2.82. The van der Waals surface area contributed by atoms with Crippen molar-refractivity contribution in [3.05, 3.63) is 0 Å². The average Bonchev–Trinajstić information content (AvgIpc) is 1.86. The molecule has 68 valence electrons. The largest absolute Gasteiger partial charge is 0.396 e. The zero-order chi connectivity index (χ0) is 9.12. The molecule has 1 unspecified atom stereocenters. The first-order chi connectivity index (χ1) is 4.87. The summed E-state index contributed by atoms with van der Waals surface area (Å²) in [7, 11) is 0. The van der Waals surface area contributed by atoms with Gasteiger partial charge in [-0.1, -0.05) is 27.7 Å². The van der Waals surface area contributed by atoms with Gasteiger partial charge in [-0.05, 0) is 17.3 Å². The summed E-state index contributed by atoms with van der Waals surface area (Å²) in [5, 5.41) is 17.9. The number of aliphatic hydroxyl groups is 2. The molecule has 0 aromatic heterocycles. The molecular weight excluding hydrogens is 140 g/mol. The predicted molar refractivity (Wildman–Crippen MR) is 46.4 cm³/mol. The minimum atomic E-state index is -0.165. The molecule has 11 heavy (non-hydrogen) atoms. The van der Waals surface area contributed by atoms with E-state index in [1.807, 2.05) is 6.92 Å². The van der Waals surface area contributed by atoms with E-state index >= 15 is 0 Å². The van der Waals surface area contributed by atoms with Gasteiger partial charge >= 0.3 is 0 Å². The molecule has 0 saturated carbocycles. The van der Waals surface area contributed by atoms with Gasteiger partial charge in [-0.25, -0.2) is 0 Å². The van der Waals surface area contributed by atoms with E-state index in [9.17, 15) is 0 Å². The van der Waals surface area contributed by atoms with E-state index in [1.165, 1.54) is 0 Å². The van der Waals surface area contributed by atoms with Gasteiger partial charge in [0.25, 0.3) is 0 Å². The fraction of sp³-hybridized carbons (Fsp3) is 1.00. The molecule has 0 spiro atoms. The molecule has 0 bridgehead atoms. The van der Waals surface area contributed by atoms with E-state index in [0.29, 0.717) is 6.42 Å². The smallest absolute Gasteiger partial charge is 0.0490 e. The zero-order valence-electron chi connectivity index (χ0n) is 8.02. The molecule has 2 heteroatoms. The predicted octanol–water partition coefficient (Wildman–Crippen LogP) is 1.41. The molecule has 2 nitrogen and oxygen atoms in total. The highest BCUT2D eigenvalue weighted by Crippen LogP contribution is 2.40. The molecule has 0 amide bonds. The fourth-order valence-corrected chi connectivity index (χ4v) is 0.938. The van der Waals surface area contributed by atoms with Gasteiger partial charge in [-0.3, -0.25) is 0 Å². The van der Waals surface area contributed by atoms with E-state index in [1.54, 1.807) is 0 Å². The SMILES string of the molecule is CC(C)(C)C(C)(CO)CCO. The summed E-state index contributed by atoms with van der Waals surface area (Å²) in [6.07, 6.45) is 0.660. The Morgan fingerprint density at radius 2 is 1.45 bits per heavy atom. The molecule has 0 saturated heterocycles. The average molecular weight is 160 g/mol. The van der Waals surface area contributed by atoms with E-state index in [-0.39, 0.29) is 24.0 Å². The first-order valence-corrected chi connectivity index (χ1v) is 4.09. The van der Waals surface area contributed by atoms with Gasteiger partial charge < -0.3 is 10.2 Å². The van der Waals surface area contributed by atoms with Crippen molar-refractivity contribution >= 4 is 0 Å². The summed E-state index contributed by atoms with van der Waals surface area (Å²) in [5.41, 5.74) is -0.119. The van der Waals surface area contributed by atoms with E-state index in [4.69, 9.17) is 10.2 Å². The van der Waals surface area contributed by atoms with Crippen molar-refractivity contribution in [3.63, 3.8) is 0 Å². The van der Waals surface area contributed by atoms with Gasteiger partial charge in [0.15, 0.2) is 0 Å². The Labute approximate surface area is 69.2 Å². The first-order valence-electron chi connectivity index (χ1n) is 4.09. The van der Waals surface area contributed by atoms with Crippen LogP contribution in [0.5, 0.6) is 0 Å². The third kappa shape index (κ3) is 2.46. The zero-order valence-corrected chi connectivity index (χ0v) is 8.02. The van der Waals surface area contributed by atoms with Crippen molar-refractivity contribution in [2.24, 2.45) is 10.8 Å². The number of hydrogen-bond acceptors (Lipinski definition) is 2. The number of aliphatic hydroxyl groups excluding tert-OH is 2. The van der Waals surface area contributed by atoms with Gasteiger partial charge in [0.05, 0.1) is 0 Å². The van der Waals surface area contributed by atoms with E-state index < -0.39 is 0 Å². The maximum atomic E-state index is 9.14. The van der Waals surface area contributed by atoms with Crippen LogP contribution < -0.4 is 0 Å². The van der Waals surface area contributed by atoms with Crippen LogP contribution >= 0.6 is 0 Å². The third-order valence-electron chi connectivity index (χ3n) is 2.82. The standard InChI is InChI=1S/C9H20O2/c1-8(2,3)9(4,7-11)5-6-10/h10-11H,5-7H2,1-4H3. The fourth-order valence-electron chi connectivity index (χ4n) is 0.938. The van der Waals surface area contributed by atoms with Crippen LogP contribution in [0.2, 0.25) is 0 Å². The molecule has 0 aliphatic carbocycles. The van der Waals surface area contributed by atoms with Crippen LogP contribution in [0.1, 0.15) is 34.1 Å². The topological polar surface area (TPSA) is 40.5 Å². The first kappa shape index (κ1) is 10.9. The molecule has 0 aliphatic heterocycles. The van der Waals surface area contributed by atoms with E-state index in [2.05, 4.69) is 20.8 Å². The number of hydrogen-bond donors (Lipinski definition) is 2. The van der Waals surface area contributed by atoms with E-state index in [0.717, 1.165) is 0 Å². The molecule has 0 radical (unpaired) electrons. The Hall–Kier alpha value is -0.0800. The molecule has 0 aromatic rings. The summed E-state index contributed by atoms with van der Waals surface area (Å²) in [4.78, 5) is 0. The minimum Gasteiger partial charge on any atom is -0.396 e. The lowest BCUT2D eigenvalue weighted by Gasteiger charge is -2.40. The Morgan fingerprint density at radius 3 is 1.55 bits per heavy atom. The van der Waals surface area contributed by atoms with Crippen molar-refractivity contribution in [1.29, 1.82) is 0 Å². The molecule has 2 N–H and O–H groups in total. The molecule has 0 fully saturated rings. The van der Waals surface area contributed by atoms with Crippen LogP contribution in [0, 0.1) is 10.8 Å². The van der Waals surface area contributed by atoms with Gasteiger partial charge in [0.2, 0.25) is 0 Å². The second kappa shape index (κ2) is 3.55. The van der Waals surface area contributed by atoms with Crippen molar-refractivity contribution < 1.29 is 10.2 Å². The van der Waals surface area contributed by atoms with Crippen LogP contribution in [0.25, 0.3) is 0 Å². The maximum Gasteiger partial charge on any atom is 0.0490 e. The lowest BCUT2D eigenvalue weighted by atomic mass is 9.67. The van der Waals surface area contributed by atoms with Gasteiger partial charge in [0.1, 0.15) is 0 Å². The second-order valence-electron chi connectivity index (χ2n) is 4.44. The number of rotatable bonds is 3. The second-order valence-corrected chi connectivity index (χ2v) is 4.44. The Bertz CT molecular complexity index is 115. The maximum absolute atomic E-state index is 9.14. The van der Waals surface area contributed by atoms with Crippen molar-refractivity contribution in [1.82, 2.24) is 0 Å². The highest BCUT2D eigenvalue weighted by Gasteiger charge is 2.35. The Morgan fingerprint density at radius 1 is 1.00 bits per heavy atom. The van der Waals surface area contributed by atoms with Gasteiger partial charge in [0, 0.05) is 13.2 Å². The molecular formula is C9H20O2. The van der Waals surface area contributed by atoms with Gasteiger partial charge in [-0.2, -0.15) is 0 Å². The summed E-state index contributed by atoms with van der Waals surface area (Å²) in [6, 6.07) is 0. The summed E-state index contributed by atoms with van der Waals surface area (Å²) in [6.45, 7) is 8.53. The van der Waals surface area contributed by atoms with Crippen LogP contribution in [0.3, 0.4) is 0 Å². The highest BCUT2D eigenvalue weighted by molar-refractivity contribution is 4.85. The Kier molecular flexibility index (Phi) is 3.52. The van der Waals surface area contributed by atoms with Crippen LogP contribution in [-0.4, -0.2) is 23.4 Å². The molecule has 0 aliphatic rings. The van der Waals surface area contributed by atoms with Gasteiger partial charge in [-0.15, -0.1) is 0 Å². The summed E-state index contributed by atoms with van der Waals surface area (Å²) < 4.78 is 0. The lowest BCUT2D eigenvalue weighted by molar-refractivity contribution is 0.0101. The minimum absolute atomic E-state index is 0.0461. The lowest BCUT2D eigenvalue weighted by Crippen LogP contribution is -2.37. The van der Waals surface area contributed by atoms with Crippen molar-refractivity contribution in [3.8, 4) is 0 Å². The highest BCUT2D eigenvalue weighted by atomic mass is 16.3. The van der Waals surface area contributed by atoms with Crippen LogP contribution in [0.15, 0.2) is 0 Å². The van der Waals surface area contributed by atoms with Crippen molar-refractivity contribution in [2.45, 2.75) is 34.1 Å².